The molecule has 27 heavy (non-hydrogen) atoms. The maximum absolute atomic E-state index is 6.17. The van der Waals surface area contributed by atoms with E-state index in [9.17, 15) is 0 Å². The second-order valence-electron chi connectivity index (χ2n) is 7.02. The molecule has 1 unspecified atom stereocenters. The number of ether oxygens (including phenoxy) is 2. The fourth-order valence-electron chi connectivity index (χ4n) is 3.90. The van der Waals surface area contributed by atoms with Crippen molar-refractivity contribution in [2.75, 3.05) is 26.8 Å². The first-order chi connectivity index (χ1) is 12.8. The molecule has 2 aromatic rings. The third kappa shape index (κ3) is 6.15. The Morgan fingerprint density at radius 2 is 1.93 bits per heavy atom. The molecule has 0 spiro atoms. The number of likely N-dealkylation sites (tertiary alicyclic amines) is 1. The molecule has 0 radical (unpaired) electrons. The Labute approximate surface area is 170 Å². The van der Waals surface area contributed by atoms with Crippen LogP contribution in [-0.2, 0) is 12.8 Å². The average Bonchev–Trinajstić information content (AvgIpc) is 3.15. The maximum Gasteiger partial charge on any atom is 0.122 e. The van der Waals surface area contributed by atoms with E-state index < -0.39 is 0 Å². The summed E-state index contributed by atoms with van der Waals surface area (Å²) < 4.78 is 11.5. The van der Waals surface area contributed by atoms with E-state index in [0.717, 1.165) is 43.9 Å². The van der Waals surface area contributed by atoms with Crippen molar-refractivity contribution >= 4 is 12.4 Å². The summed E-state index contributed by atoms with van der Waals surface area (Å²) in [5.41, 5.74) is 2.58. The lowest BCUT2D eigenvalue weighted by Crippen LogP contribution is -2.30. The number of para-hydroxylation sites is 1. The SMILES string of the molecule is CCN1CCCC1CCOc1ccccc1CCc1cccc(OC)c1.Cl. The smallest absolute Gasteiger partial charge is 0.122 e. The summed E-state index contributed by atoms with van der Waals surface area (Å²) in [4.78, 5) is 2.58. The molecule has 4 heteroatoms. The van der Waals surface area contributed by atoms with Crippen molar-refractivity contribution in [1.82, 2.24) is 4.90 Å². The van der Waals surface area contributed by atoms with Gasteiger partial charge in [-0.2, -0.15) is 0 Å². The van der Waals surface area contributed by atoms with Gasteiger partial charge >= 0.3 is 0 Å². The van der Waals surface area contributed by atoms with E-state index >= 15 is 0 Å². The van der Waals surface area contributed by atoms with E-state index in [0.29, 0.717) is 6.04 Å². The van der Waals surface area contributed by atoms with Crippen molar-refractivity contribution < 1.29 is 9.47 Å². The fourth-order valence-corrected chi connectivity index (χ4v) is 3.90. The number of benzene rings is 2. The number of hydrogen-bond acceptors (Lipinski definition) is 3. The van der Waals surface area contributed by atoms with Crippen molar-refractivity contribution in [3.63, 3.8) is 0 Å². The van der Waals surface area contributed by atoms with Crippen LogP contribution in [0.4, 0.5) is 0 Å². The minimum absolute atomic E-state index is 0. The molecule has 2 aromatic carbocycles. The second-order valence-corrected chi connectivity index (χ2v) is 7.02. The van der Waals surface area contributed by atoms with Crippen molar-refractivity contribution in [2.24, 2.45) is 0 Å². The summed E-state index contributed by atoms with van der Waals surface area (Å²) in [5.74, 6) is 1.96. The Balaban J connectivity index is 0.00000261. The van der Waals surface area contributed by atoms with E-state index in [1.807, 2.05) is 6.07 Å². The molecule has 1 atom stereocenters. The number of methoxy groups -OCH3 is 1. The monoisotopic (exact) mass is 389 g/mol. The van der Waals surface area contributed by atoms with E-state index in [1.54, 1.807) is 7.11 Å². The molecular weight excluding hydrogens is 358 g/mol. The summed E-state index contributed by atoms with van der Waals surface area (Å²) in [5, 5.41) is 0. The van der Waals surface area contributed by atoms with Gasteiger partial charge in [0.05, 0.1) is 13.7 Å². The van der Waals surface area contributed by atoms with Crippen molar-refractivity contribution in [1.29, 1.82) is 0 Å². The third-order valence-corrected chi connectivity index (χ3v) is 5.40. The van der Waals surface area contributed by atoms with Crippen LogP contribution < -0.4 is 9.47 Å². The summed E-state index contributed by atoms with van der Waals surface area (Å²) in [6.45, 7) is 5.46. The lowest BCUT2D eigenvalue weighted by molar-refractivity contribution is 0.211. The summed E-state index contributed by atoms with van der Waals surface area (Å²) in [7, 11) is 1.71. The van der Waals surface area contributed by atoms with Crippen LogP contribution in [0.5, 0.6) is 11.5 Å². The third-order valence-electron chi connectivity index (χ3n) is 5.40. The lowest BCUT2D eigenvalue weighted by atomic mass is 10.0. The Bertz CT molecular complexity index is 692. The minimum atomic E-state index is 0. The normalized spacial score (nSPS) is 16.7. The molecule has 3 nitrogen and oxygen atoms in total. The largest absolute Gasteiger partial charge is 0.497 e. The Hall–Kier alpha value is -1.71. The van der Waals surface area contributed by atoms with Crippen LogP contribution in [-0.4, -0.2) is 37.7 Å². The van der Waals surface area contributed by atoms with Gasteiger partial charge in [-0.1, -0.05) is 37.3 Å². The molecule has 1 fully saturated rings. The van der Waals surface area contributed by atoms with E-state index in [2.05, 4.69) is 54.3 Å². The zero-order valence-electron chi connectivity index (χ0n) is 16.5. The van der Waals surface area contributed by atoms with Gasteiger partial charge in [0.1, 0.15) is 11.5 Å². The molecule has 0 aromatic heterocycles. The predicted molar refractivity (Wildman–Crippen MR) is 114 cm³/mol. The molecule has 0 aliphatic carbocycles. The van der Waals surface area contributed by atoms with E-state index in [-0.39, 0.29) is 12.4 Å². The lowest BCUT2D eigenvalue weighted by Gasteiger charge is -2.22. The van der Waals surface area contributed by atoms with Gasteiger partial charge in [0.15, 0.2) is 0 Å². The summed E-state index contributed by atoms with van der Waals surface area (Å²) >= 11 is 0. The first-order valence-corrected chi connectivity index (χ1v) is 9.88. The second kappa shape index (κ2) is 11.2. The molecular formula is C23H32ClNO2. The molecule has 0 saturated carbocycles. The summed E-state index contributed by atoms with van der Waals surface area (Å²) in [6, 6.07) is 17.5. The van der Waals surface area contributed by atoms with Gasteiger partial charge in [0, 0.05) is 6.04 Å². The van der Waals surface area contributed by atoms with Crippen LogP contribution in [0.2, 0.25) is 0 Å². The molecule has 3 rings (SSSR count). The first-order valence-electron chi connectivity index (χ1n) is 9.88. The van der Waals surface area contributed by atoms with Gasteiger partial charge in [-0.15, -0.1) is 12.4 Å². The van der Waals surface area contributed by atoms with Crippen LogP contribution in [0, 0.1) is 0 Å². The van der Waals surface area contributed by atoms with Gasteiger partial charge < -0.3 is 14.4 Å². The van der Waals surface area contributed by atoms with E-state index in [4.69, 9.17) is 9.47 Å². The quantitative estimate of drug-likeness (QED) is 0.591. The van der Waals surface area contributed by atoms with Crippen molar-refractivity contribution in [3.8, 4) is 11.5 Å². The Kier molecular flexibility index (Phi) is 8.96. The highest BCUT2D eigenvalue weighted by Gasteiger charge is 2.22. The van der Waals surface area contributed by atoms with Crippen LogP contribution in [0.25, 0.3) is 0 Å². The van der Waals surface area contributed by atoms with Crippen LogP contribution >= 0.6 is 12.4 Å². The number of halogens is 1. The highest BCUT2D eigenvalue weighted by Crippen LogP contribution is 2.23. The van der Waals surface area contributed by atoms with Crippen LogP contribution in [0.3, 0.4) is 0 Å². The fraction of sp³-hybridized carbons (Fsp3) is 0.478. The topological polar surface area (TPSA) is 21.7 Å². The number of aryl methyl sites for hydroxylation is 2. The minimum Gasteiger partial charge on any atom is -0.497 e. The van der Waals surface area contributed by atoms with Gasteiger partial charge in [0.2, 0.25) is 0 Å². The molecule has 0 amide bonds. The van der Waals surface area contributed by atoms with Gasteiger partial charge in [-0.05, 0) is 74.5 Å². The first kappa shape index (κ1) is 21.6. The molecule has 1 aliphatic heterocycles. The van der Waals surface area contributed by atoms with Gasteiger partial charge in [0.25, 0.3) is 0 Å². The standard InChI is InChI=1S/C23H31NO2.ClH/c1-3-24-16-7-10-21(24)15-17-26-23-12-5-4-9-20(23)14-13-19-8-6-11-22(18-19)25-2;/h4-6,8-9,11-12,18,21H,3,7,10,13-17H2,1-2H3;1H. The van der Waals surface area contributed by atoms with Crippen molar-refractivity contribution in [2.45, 2.75) is 45.1 Å². The van der Waals surface area contributed by atoms with Gasteiger partial charge in [-0.3, -0.25) is 0 Å². The van der Waals surface area contributed by atoms with Crippen LogP contribution in [0.1, 0.15) is 37.3 Å². The average molecular weight is 390 g/mol. The Morgan fingerprint density at radius 1 is 1.07 bits per heavy atom. The van der Waals surface area contributed by atoms with E-state index in [1.165, 1.54) is 30.5 Å². The van der Waals surface area contributed by atoms with Crippen LogP contribution in [0.15, 0.2) is 48.5 Å². The number of nitrogens with zero attached hydrogens (tertiary/aromatic N) is 1. The molecule has 148 valence electrons. The molecule has 0 N–H and O–H groups in total. The number of hydrogen-bond donors (Lipinski definition) is 0. The zero-order chi connectivity index (χ0) is 18.2. The van der Waals surface area contributed by atoms with Gasteiger partial charge in [-0.25, -0.2) is 0 Å². The summed E-state index contributed by atoms with van der Waals surface area (Å²) in [6.07, 6.45) is 5.74. The maximum atomic E-state index is 6.17. The Morgan fingerprint density at radius 3 is 2.74 bits per heavy atom. The highest BCUT2D eigenvalue weighted by atomic mass is 35.5. The highest BCUT2D eigenvalue weighted by molar-refractivity contribution is 5.85. The molecule has 1 heterocycles. The number of rotatable bonds is 9. The molecule has 0 bridgehead atoms. The zero-order valence-corrected chi connectivity index (χ0v) is 17.3. The molecule has 1 saturated heterocycles. The molecule has 1 aliphatic rings. The van der Waals surface area contributed by atoms with Crippen molar-refractivity contribution in [3.05, 3.63) is 59.7 Å². The predicted octanol–water partition coefficient (Wildman–Crippen LogP) is 5.16.